The molecule has 2 saturated heterocycles. The van der Waals surface area contributed by atoms with Gasteiger partial charge in [0.2, 0.25) is 15.9 Å². The van der Waals surface area contributed by atoms with Crippen molar-refractivity contribution in [3.8, 4) is 0 Å². The molecule has 3 rings (SSSR count). The van der Waals surface area contributed by atoms with E-state index < -0.39 is 10.0 Å². The van der Waals surface area contributed by atoms with Gasteiger partial charge in [0.05, 0.1) is 24.0 Å². The molecule has 34 heavy (non-hydrogen) atoms. The van der Waals surface area contributed by atoms with Crippen molar-refractivity contribution in [2.45, 2.75) is 44.4 Å². The fourth-order valence-electron chi connectivity index (χ4n) is 4.36. The van der Waals surface area contributed by atoms with Crippen LogP contribution in [0.2, 0.25) is 0 Å². The van der Waals surface area contributed by atoms with E-state index in [-0.39, 0.29) is 35.1 Å². The highest BCUT2D eigenvalue weighted by molar-refractivity contribution is 7.89. The molecular weight excluding hydrogens is 458 g/mol. The van der Waals surface area contributed by atoms with Gasteiger partial charge < -0.3 is 14.5 Å². The lowest BCUT2D eigenvalue weighted by atomic mass is 9.97. The third-order valence-corrected chi connectivity index (χ3v) is 8.58. The molecule has 0 spiro atoms. The Kier molecular flexibility index (Phi) is 8.70. The summed E-state index contributed by atoms with van der Waals surface area (Å²) >= 11 is 0. The van der Waals surface area contributed by atoms with Crippen LogP contribution < -0.4 is 0 Å². The summed E-state index contributed by atoms with van der Waals surface area (Å²) in [6.07, 6.45) is 2.78. The SMILES string of the molecule is CCOC(=O)C1CCN(C(=O)CN(C)C(=O)c2ccc(S(=O)(=O)N3CCC(C)CC3)cc2)CC1. The van der Waals surface area contributed by atoms with E-state index in [0.717, 1.165) is 12.8 Å². The molecule has 0 radical (unpaired) electrons. The molecule has 2 aliphatic rings. The van der Waals surface area contributed by atoms with Crippen LogP contribution in [0.1, 0.15) is 49.9 Å². The van der Waals surface area contributed by atoms with Crippen LogP contribution in [0.5, 0.6) is 0 Å². The zero-order valence-corrected chi connectivity index (χ0v) is 21.1. The predicted molar refractivity (Wildman–Crippen MR) is 126 cm³/mol. The Hall–Kier alpha value is -2.46. The summed E-state index contributed by atoms with van der Waals surface area (Å²) in [4.78, 5) is 40.5. The lowest BCUT2D eigenvalue weighted by Crippen LogP contribution is -2.45. The first-order valence-electron chi connectivity index (χ1n) is 11.9. The Morgan fingerprint density at radius 2 is 1.59 bits per heavy atom. The molecule has 0 aromatic heterocycles. The topological polar surface area (TPSA) is 104 Å². The number of amides is 2. The van der Waals surface area contributed by atoms with Gasteiger partial charge in [-0.15, -0.1) is 0 Å². The van der Waals surface area contributed by atoms with Gasteiger partial charge >= 0.3 is 5.97 Å². The number of hydrogen-bond donors (Lipinski definition) is 0. The van der Waals surface area contributed by atoms with Crippen LogP contribution in [-0.2, 0) is 24.3 Å². The summed E-state index contributed by atoms with van der Waals surface area (Å²) in [6.45, 7) is 6.06. The molecule has 0 atom stereocenters. The zero-order chi connectivity index (χ0) is 24.9. The molecule has 9 nitrogen and oxygen atoms in total. The second-order valence-corrected chi connectivity index (χ2v) is 11.1. The molecule has 10 heteroatoms. The van der Waals surface area contributed by atoms with Crippen molar-refractivity contribution in [2.24, 2.45) is 11.8 Å². The molecule has 2 aliphatic heterocycles. The fourth-order valence-corrected chi connectivity index (χ4v) is 5.83. The quantitative estimate of drug-likeness (QED) is 0.538. The van der Waals surface area contributed by atoms with E-state index in [1.807, 2.05) is 0 Å². The van der Waals surface area contributed by atoms with Crippen molar-refractivity contribution >= 4 is 27.8 Å². The molecule has 0 aliphatic carbocycles. The summed E-state index contributed by atoms with van der Waals surface area (Å²) in [5, 5.41) is 0. The van der Waals surface area contributed by atoms with Gasteiger partial charge in [-0.1, -0.05) is 6.92 Å². The molecule has 0 bridgehead atoms. The Labute approximate surface area is 202 Å². The monoisotopic (exact) mass is 493 g/mol. The van der Waals surface area contributed by atoms with Gasteiger partial charge in [-0.3, -0.25) is 14.4 Å². The zero-order valence-electron chi connectivity index (χ0n) is 20.2. The van der Waals surface area contributed by atoms with E-state index in [1.54, 1.807) is 18.9 Å². The molecule has 0 saturated carbocycles. The second kappa shape index (κ2) is 11.3. The second-order valence-electron chi connectivity index (χ2n) is 9.18. The number of esters is 1. The van der Waals surface area contributed by atoms with Gasteiger partial charge in [-0.25, -0.2) is 8.42 Å². The number of rotatable bonds is 7. The summed E-state index contributed by atoms with van der Waals surface area (Å²) in [5.41, 5.74) is 0.322. The van der Waals surface area contributed by atoms with Gasteiger partial charge in [0.25, 0.3) is 5.91 Å². The number of ether oxygens (including phenoxy) is 1. The van der Waals surface area contributed by atoms with Crippen LogP contribution >= 0.6 is 0 Å². The molecule has 2 heterocycles. The van der Waals surface area contributed by atoms with Crippen molar-refractivity contribution in [1.29, 1.82) is 0 Å². The van der Waals surface area contributed by atoms with Gasteiger partial charge in [0.1, 0.15) is 0 Å². The van der Waals surface area contributed by atoms with Crippen molar-refractivity contribution in [1.82, 2.24) is 14.1 Å². The first-order chi connectivity index (χ1) is 16.1. The maximum atomic E-state index is 12.9. The largest absolute Gasteiger partial charge is 0.466 e. The van der Waals surface area contributed by atoms with Crippen LogP contribution in [0.3, 0.4) is 0 Å². The summed E-state index contributed by atoms with van der Waals surface area (Å²) in [7, 11) is -2.03. The average molecular weight is 494 g/mol. The number of nitrogens with zero attached hydrogens (tertiary/aromatic N) is 3. The minimum Gasteiger partial charge on any atom is -0.466 e. The van der Waals surface area contributed by atoms with Crippen LogP contribution in [0.4, 0.5) is 0 Å². The third kappa shape index (κ3) is 6.15. The maximum Gasteiger partial charge on any atom is 0.309 e. The fraction of sp³-hybridized carbons (Fsp3) is 0.625. The number of carbonyl (C=O) groups excluding carboxylic acids is 3. The van der Waals surface area contributed by atoms with E-state index in [0.29, 0.717) is 57.1 Å². The first-order valence-corrected chi connectivity index (χ1v) is 13.4. The molecule has 1 aromatic carbocycles. The van der Waals surface area contributed by atoms with Crippen molar-refractivity contribution < 1.29 is 27.5 Å². The van der Waals surface area contributed by atoms with Crippen LogP contribution in [-0.4, -0.2) is 86.7 Å². The number of hydrogen-bond acceptors (Lipinski definition) is 6. The van der Waals surface area contributed by atoms with Crippen molar-refractivity contribution in [3.63, 3.8) is 0 Å². The molecular formula is C24H35N3O6S. The highest BCUT2D eigenvalue weighted by Gasteiger charge is 2.30. The normalized spacial score (nSPS) is 18.5. The maximum absolute atomic E-state index is 12.9. The lowest BCUT2D eigenvalue weighted by Gasteiger charge is -2.32. The molecule has 1 aromatic rings. The van der Waals surface area contributed by atoms with E-state index in [4.69, 9.17) is 4.74 Å². The Balaban J connectivity index is 1.54. The molecule has 0 N–H and O–H groups in total. The third-order valence-electron chi connectivity index (χ3n) is 6.67. The van der Waals surface area contributed by atoms with Gasteiger partial charge in [0.15, 0.2) is 0 Å². The van der Waals surface area contributed by atoms with E-state index in [1.165, 1.54) is 33.5 Å². The molecule has 2 amide bonds. The first kappa shape index (κ1) is 26.2. The number of carbonyl (C=O) groups is 3. The van der Waals surface area contributed by atoms with E-state index in [9.17, 15) is 22.8 Å². The van der Waals surface area contributed by atoms with E-state index >= 15 is 0 Å². The van der Waals surface area contributed by atoms with Gasteiger partial charge in [-0.05, 0) is 62.8 Å². The number of benzene rings is 1. The Morgan fingerprint density at radius 1 is 1.00 bits per heavy atom. The summed E-state index contributed by atoms with van der Waals surface area (Å²) < 4.78 is 32.3. The molecule has 2 fully saturated rings. The summed E-state index contributed by atoms with van der Waals surface area (Å²) in [6, 6.07) is 5.90. The Morgan fingerprint density at radius 3 is 2.15 bits per heavy atom. The molecule has 0 unspecified atom stereocenters. The van der Waals surface area contributed by atoms with Crippen LogP contribution in [0, 0.1) is 11.8 Å². The average Bonchev–Trinajstić information content (AvgIpc) is 2.84. The Bertz CT molecular complexity index is 978. The molecule has 188 valence electrons. The van der Waals surface area contributed by atoms with Crippen LogP contribution in [0.15, 0.2) is 29.2 Å². The lowest BCUT2D eigenvalue weighted by molar-refractivity contribution is -0.151. The smallest absolute Gasteiger partial charge is 0.309 e. The number of sulfonamides is 1. The highest BCUT2D eigenvalue weighted by Crippen LogP contribution is 2.24. The predicted octanol–water partition coefficient (Wildman–Crippen LogP) is 1.98. The summed E-state index contributed by atoms with van der Waals surface area (Å²) in [5.74, 6) is -0.426. The van der Waals surface area contributed by atoms with Crippen molar-refractivity contribution in [2.75, 3.05) is 46.4 Å². The van der Waals surface area contributed by atoms with E-state index in [2.05, 4.69) is 6.92 Å². The minimum atomic E-state index is -3.58. The highest BCUT2D eigenvalue weighted by atomic mass is 32.2. The standard InChI is InChI=1S/C24H35N3O6S/c1-4-33-24(30)20-11-13-26(14-12-20)22(28)17-25(3)23(29)19-5-7-21(8-6-19)34(31,32)27-15-9-18(2)10-16-27/h5-8,18,20H,4,9-17H2,1-3H3. The number of likely N-dealkylation sites (N-methyl/N-ethyl adjacent to an activating group) is 1. The van der Waals surface area contributed by atoms with Gasteiger partial charge in [0, 0.05) is 38.8 Å². The minimum absolute atomic E-state index is 0.0884. The van der Waals surface area contributed by atoms with Gasteiger partial charge in [-0.2, -0.15) is 4.31 Å². The van der Waals surface area contributed by atoms with Crippen molar-refractivity contribution in [3.05, 3.63) is 29.8 Å². The number of likely N-dealkylation sites (tertiary alicyclic amines) is 1. The number of piperidine rings is 2. The van der Waals surface area contributed by atoms with Crippen LogP contribution in [0.25, 0.3) is 0 Å².